The van der Waals surface area contributed by atoms with Crippen molar-refractivity contribution in [2.75, 3.05) is 13.2 Å². The summed E-state index contributed by atoms with van der Waals surface area (Å²) >= 11 is 0. The molecule has 0 spiro atoms. The smallest absolute Gasteiger partial charge is 0.315 e. The Morgan fingerprint density at radius 3 is 2.50 bits per heavy atom. The van der Waals surface area contributed by atoms with E-state index in [-0.39, 0.29) is 29.8 Å². The van der Waals surface area contributed by atoms with Gasteiger partial charge in [-0.15, -0.1) is 0 Å². The average Bonchev–Trinajstić information content (AvgIpc) is 2.45. The molecule has 0 aliphatic carbocycles. The molecule has 0 aliphatic heterocycles. The van der Waals surface area contributed by atoms with Gasteiger partial charge < -0.3 is 20.8 Å². The minimum atomic E-state index is -0.177. The fourth-order valence-corrected chi connectivity index (χ4v) is 2.10. The number of aryl methyl sites for hydroxylation is 1. The molecule has 0 heterocycles. The third-order valence-electron chi connectivity index (χ3n) is 3.70. The van der Waals surface area contributed by atoms with Crippen molar-refractivity contribution in [3.05, 3.63) is 29.8 Å². The third-order valence-corrected chi connectivity index (χ3v) is 3.70. The van der Waals surface area contributed by atoms with Crippen LogP contribution in [0.3, 0.4) is 0 Å². The Morgan fingerprint density at radius 1 is 1.27 bits per heavy atom. The van der Waals surface area contributed by atoms with E-state index >= 15 is 0 Å². The topological polar surface area (TPSA) is 81.6 Å². The van der Waals surface area contributed by atoms with E-state index in [0.717, 1.165) is 18.4 Å². The first-order valence-electron chi connectivity index (χ1n) is 7.75. The number of phenols is 1. The summed E-state index contributed by atoms with van der Waals surface area (Å²) in [6.45, 7) is 6.65. The van der Waals surface area contributed by atoms with E-state index < -0.39 is 0 Å². The van der Waals surface area contributed by atoms with Crippen molar-refractivity contribution < 1.29 is 15.0 Å². The van der Waals surface area contributed by atoms with Crippen LogP contribution in [-0.2, 0) is 6.42 Å². The first-order chi connectivity index (χ1) is 10.3. The van der Waals surface area contributed by atoms with Crippen LogP contribution in [0.1, 0.15) is 39.2 Å². The van der Waals surface area contributed by atoms with E-state index in [4.69, 9.17) is 5.11 Å². The van der Waals surface area contributed by atoms with Gasteiger partial charge in [-0.2, -0.15) is 0 Å². The largest absolute Gasteiger partial charge is 0.508 e. The maximum absolute atomic E-state index is 11.8. The van der Waals surface area contributed by atoms with Crippen LogP contribution in [-0.4, -0.2) is 35.4 Å². The van der Waals surface area contributed by atoms with Gasteiger partial charge in [0.2, 0.25) is 0 Å². The number of aliphatic hydroxyl groups is 1. The van der Waals surface area contributed by atoms with Crippen molar-refractivity contribution in [1.29, 1.82) is 0 Å². The molecule has 0 bridgehead atoms. The second-order valence-corrected chi connectivity index (χ2v) is 6.57. The number of aromatic hydroxyl groups is 1. The Hall–Kier alpha value is -1.75. The Labute approximate surface area is 132 Å². The van der Waals surface area contributed by atoms with E-state index in [9.17, 15) is 9.90 Å². The lowest BCUT2D eigenvalue weighted by molar-refractivity contribution is 0.200. The van der Waals surface area contributed by atoms with Gasteiger partial charge in [-0.25, -0.2) is 4.79 Å². The molecule has 5 nitrogen and oxygen atoms in total. The Morgan fingerprint density at radius 2 is 1.91 bits per heavy atom. The molecular weight excluding hydrogens is 280 g/mol. The van der Waals surface area contributed by atoms with E-state index in [1.165, 1.54) is 0 Å². The van der Waals surface area contributed by atoms with Crippen LogP contribution >= 0.6 is 0 Å². The van der Waals surface area contributed by atoms with Crippen LogP contribution < -0.4 is 10.6 Å². The summed E-state index contributed by atoms with van der Waals surface area (Å²) in [6, 6.07) is 7.00. The highest BCUT2D eigenvalue weighted by atomic mass is 16.3. The number of benzene rings is 1. The standard InChI is InChI=1S/C17H28N2O3/c1-13(4-5-14-6-8-15(21)9-7-14)19-16(22)18-12-17(2,3)10-11-20/h6-9,13,20-21H,4-5,10-12H2,1-3H3,(H2,18,19,22). The molecule has 1 rings (SSSR count). The van der Waals surface area contributed by atoms with Crippen LogP contribution in [0.2, 0.25) is 0 Å². The summed E-state index contributed by atoms with van der Waals surface area (Å²) in [5.74, 6) is 0.264. The fourth-order valence-electron chi connectivity index (χ4n) is 2.10. The van der Waals surface area contributed by atoms with Gasteiger partial charge in [0.25, 0.3) is 0 Å². The van der Waals surface area contributed by atoms with Gasteiger partial charge in [0, 0.05) is 19.2 Å². The predicted octanol–water partition coefficient (Wildman–Crippen LogP) is 2.42. The number of nitrogens with one attached hydrogen (secondary N) is 2. The Kier molecular flexibility index (Phi) is 7.18. The van der Waals surface area contributed by atoms with Gasteiger partial charge in [0.05, 0.1) is 0 Å². The van der Waals surface area contributed by atoms with Gasteiger partial charge >= 0.3 is 6.03 Å². The Bertz CT molecular complexity index is 457. The summed E-state index contributed by atoms with van der Waals surface area (Å²) < 4.78 is 0. The molecule has 124 valence electrons. The lowest BCUT2D eigenvalue weighted by Gasteiger charge is -2.24. The first kappa shape index (κ1) is 18.3. The highest BCUT2D eigenvalue weighted by molar-refractivity contribution is 5.74. The average molecular weight is 308 g/mol. The SMILES string of the molecule is CC(CCc1ccc(O)cc1)NC(=O)NCC(C)(C)CCO. The molecule has 0 saturated carbocycles. The van der Waals surface area contributed by atoms with Crippen LogP contribution in [0.25, 0.3) is 0 Å². The van der Waals surface area contributed by atoms with E-state index in [0.29, 0.717) is 13.0 Å². The lowest BCUT2D eigenvalue weighted by Crippen LogP contribution is -2.44. The predicted molar refractivity (Wildman–Crippen MR) is 87.9 cm³/mol. The normalized spacial score (nSPS) is 12.7. The number of hydrogen-bond donors (Lipinski definition) is 4. The third kappa shape index (κ3) is 7.31. The number of hydrogen-bond acceptors (Lipinski definition) is 3. The number of rotatable bonds is 8. The maximum Gasteiger partial charge on any atom is 0.315 e. The maximum atomic E-state index is 11.8. The fraction of sp³-hybridized carbons (Fsp3) is 0.588. The molecule has 1 aromatic rings. The summed E-state index contributed by atoms with van der Waals surface area (Å²) in [5, 5.41) is 24.0. The van der Waals surface area contributed by atoms with Crippen LogP contribution in [0.15, 0.2) is 24.3 Å². The summed E-state index contributed by atoms with van der Waals surface area (Å²) in [4.78, 5) is 11.8. The minimum absolute atomic E-state index is 0.0646. The second-order valence-electron chi connectivity index (χ2n) is 6.57. The number of urea groups is 1. The lowest BCUT2D eigenvalue weighted by atomic mass is 9.90. The molecule has 22 heavy (non-hydrogen) atoms. The Balaban J connectivity index is 2.27. The minimum Gasteiger partial charge on any atom is -0.508 e. The quantitative estimate of drug-likeness (QED) is 0.595. The molecule has 2 amide bonds. The molecule has 5 heteroatoms. The van der Waals surface area contributed by atoms with E-state index in [2.05, 4.69) is 10.6 Å². The van der Waals surface area contributed by atoms with Crippen molar-refractivity contribution in [1.82, 2.24) is 10.6 Å². The van der Waals surface area contributed by atoms with Crippen molar-refractivity contribution in [2.24, 2.45) is 5.41 Å². The summed E-state index contributed by atoms with van der Waals surface area (Å²) in [6.07, 6.45) is 2.33. The second kappa shape index (κ2) is 8.63. The number of carbonyl (C=O) groups excluding carboxylic acids is 1. The number of aliphatic hydroxyl groups excluding tert-OH is 1. The summed E-state index contributed by atoms with van der Waals surface area (Å²) in [5.41, 5.74) is 1.03. The zero-order valence-electron chi connectivity index (χ0n) is 13.7. The molecule has 1 atom stereocenters. The van der Waals surface area contributed by atoms with Gasteiger partial charge in [-0.05, 0) is 49.3 Å². The van der Waals surface area contributed by atoms with Gasteiger partial charge in [-0.1, -0.05) is 26.0 Å². The number of phenolic OH excluding ortho intramolecular Hbond substituents is 1. The molecule has 0 saturated heterocycles. The summed E-state index contributed by atoms with van der Waals surface area (Å²) in [7, 11) is 0. The van der Waals surface area contributed by atoms with E-state index in [1.54, 1.807) is 12.1 Å². The zero-order chi connectivity index (χ0) is 16.6. The molecule has 0 fully saturated rings. The molecule has 4 N–H and O–H groups in total. The van der Waals surface area contributed by atoms with Crippen molar-refractivity contribution in [3.63, 3.8) is 0 Å². The van der Waals surface area contributed by atoms with Gasteiger partial charge in [0.15, 0.2) is 0 Å². The van der Waals surface area contributed by atoms with Crippen molar-refractivity contribution >= 4 is 6.03 Å². The van der Waals surface area contributed by atoms with Crippen molar-refractivity contribution in [2.45, 2.75) is 46.1 Å². The molecule has 0 aromatic heterocycles. The first-order valence-corrected chi connectivity index (χ1v) is 7.75. The van der Waals surface area contributed by atoms with Gasteiger partial charge in [-0.3, -0.25) is 0 Å². The molecular formula is C17H28N2O3. The zero-order valence-corrected chi connectivity index (χ0v) is 13.7. The van der Waals surface area contributed by atoms with E-state index in [1.807, 2.05) is 32.9 Å². The van der Waals surface area contributed by atoms with Crippen molar-refractivity contribution in [3.8, 4) is 5.75 Å². The molecule has 1 aromatic carbocycles. The monoisotopic (exact) mass is 308 g/mol. The van der Waals surface area contributed by atoms with Crippen LogP contribution in [0.5, 0.6) is 5.75 Å². The highest BCUT2D eigenvalue weighted by Gasteiger charge is 2.18. The van der Waals surface area contributed by atoms with Crippen LogP contribution in [0.4, 0.5) is 4.79 Å². The molecule has 1 unspecified atom stereocenters. The van der Waals surface area contributed by atoms with Crippen LogP contribution in [0, 0.1) is 5.41 Å². The molecule has 0 aliphatic rings. The highest BCUT2D eigenvalue weighted by Crippen LogP contribution is 2.17. The number of carbonyl (C=O) groups is 1. The van der Waals surface area contributed by atoms with Gasteiger partial charge in [0.1, 0.15) is 5.75 Å². The molecule has 0 radical (unpaired) electrons. The number of amides is 2.